The van der Waals surface area contributed by atoms with Gasteiger partial charge in [0.1, 0.15) is 18.2 Å². The maximum atomic E-state index is 10.9. The molecule has 0 radical (unpaired) electrons. The Morgan fingerprint density at radius 3 is 1.90 bits per heavy atom. The first-order valence-electron chi connectivity index (χ1n) is 5.96. The standard InChI is InChI=1S/C12H18Cl2O6/c1-10(14)12(16)20-9-7-18-5-4-17-6-8-19-11(15)2-3-13/h1-9H2. The predicted octanol–water partition coefficient (Wildman–Crippen LogP) is 1.49. The number of hydrogen-bond donors (Lipinski definition) is 0. The summed E-state index contributed by atoms with van der Waals surface area (Å²) in [4.78, 5) is 21.8. The Kier molecular flexibility index (Phi) is 12.6. The summed E-state index contributed by atoms with van der Waals surface area (Å²) in [5, 5.41) is -0.169. The average Bonchev–Trinajstić information content (AvgIpc) is 2.40. The number of rotatable bonds is 12. The van der Waals surface area contributed by atoms with Crippen LogP contribution in [0, 0.1) is 0 Å². The fourth-order valence-corrected chi connectivity index (χ4v) is 1.17. The highest BCUT2D eigenvalue weighted by Crippen LogP contribution is 1.98. The highest BCUT2D eigenvalue weighted by atomic mass is 35.5. The second kappa shape index (κ2) is 13.2. The van der Waals surface area contributed by atoms with E-state index in [4.69, 9.17) is 42.1 Å². The van der Waals surface area contributed by atoms with E-state index in [9.17, 15) is 9.59 Å². The molecule has 0 amide bonds. The van der Waals surface area contributed by atoms with E-state index in [1.54, 1.807) is 0 Å². The molecule has 0 aliphatic carbocycles. The minimum Gasteiger partial charge on any atom is -0.463 e. The molecule has 20 heavy (non-hydrogen) atoms. The summed E-state index contributed by atoms with van der Waals surface area (Å²) in [7, 11) is 0. The van der Waals surface area contributed by atoms with Gasteiger partial charge in [0.25, 0.3) is 0 Å². The molecule has 116 valence electrons. The fraction of sp³-hybridized carbons (Fsp3) is 0.667. The summed E-state index contributed by atoms with van der Waals surface area (Å²) in [5.74, 6) is -0.761. The molecule has 0 atom stereocenters. The van der Waals surface area contributed by atoms with Gasteiger partial charge in [-0.25, -0.2) is 4.79 Å². The van der Waals surface area contributed by atoms with Gasteiger partial charge >= 0.3 is 11.9 Å². The summed E-state index contributed by atoms with van der Waals surface area (Å²) in [5.41, 5.74) is 0. The minimum atomic E-state index is -0.662. The Balaban J connectivity index is 3.19. The third-order valence-corrected chi connectivity index (χ3v) is 2.19. The molecule has 0 aliphatic rings. The van der Waals surface area contributed by atoms with Crippen molar-refractivity contribution in [2.45, 2.75) is 6.42 Å². The highest BCUT2D eigenvalue weighted by molar-refractivity contribution is 6.40. The average molecular weight is 329 g/mol. The van der Waals surface area contributed by atoms with Gasteiger partial charge in [0.15, 0.2) is 0 Å². The van der Waals surface area contributed by atoms with Crippen LogP contribution in [-0.2, 0) is 28.5 Å². The van der Waals surface area contributed by atoms with Crippen molar-refractivity contribution in [3.05, 3.63) is 11.6 Å². The van der Waals surface area contributed by atoms with E-state index in [2.05, 4.69) is 6.58 Å². The van der Waals surface area contributed by atoms with Gasteiger partial charge in [-0.15, -0.1) is 11.6 Å². The van der Waals surface area contributed by atoms with Gasteiger partial charge in [-0.05, 0) is 0 Å². The first-order valence-corrected chi connectivity index (χ1v) is 6.87. The zero-order chi connectivity index (χ0) is 15.2. The van der Waals surface area contributed by atoms with E-state index in [0.29, 0.717) is 19.8 Å². The summed E-state index contributed by atoms with van der Waals surface area (Å²) in [6.45, 7) is 4.73. The normalized spacial score (nSPS) is 10.1. The molecule has 0 spiro atoms. The van der Waals surface area contributed by atoms with E-state index < -0.39 is 5.97 Å². The topological polar surface area (TPSA) is 71.1 Å². The molecule has 0 heterocycles. The Labute approximate surface area is 127 Å². The molecule has 0 aliphatic heterocycles. The van der Waals surface area contributed by atoms with Crippen molar-refractivity contribution in [2.75, 3.05) is 45.5 Å². The lowest BCUT2D eigenvalue weighted by Crippen LogP contribution is -2.15. The SMILES string of the molecule is C=C(Cl)C(=O)OCCOCCOCCOC(=O)CCCl. The lowest BCUT2D eigenvalue weighted by molar-refractivity contribution is -0.145. The lowest BCUT2D eigenvalue weighted by atomic mass is 10.5. The Morgan fingerprint density at radius 2 is 1.40 bits per heavy atom. The summed E-state index contributed by atoms with van der Waals surface area (Å²) in [6.07, 6.45) is 0.193. The Hall–Kier alpha value is -0.820. The molecule has 0 saturated heterocycles. The van der Waals surface area contributed by atoms with E-state index >= 15 is 0 Å². The summed E-state index contributed by atoms with van der Waals surface area (Å²) in [6, 6.07) is 0. The van der Waals surface area contributed by atoms with Crippen molar-refractivity contribution in [1.29, 1.82) is 0 Å². The molecule has 0 aromatic carbocycles. The molecule has 6 nitrogen and oxygen atoms in total. The lowest BCUT2D eigenvalue weighted by Gasteiger charge is -2.07. The molecular formula is C12H18Cl2O6. The quantitative estimate of drug-likeness (QED) is 0.234. The first kappa shape index (κ1) is 19.2. The number of carbonyl (C=O) groups excluding carboxylic acids is 2. The molecule has 0 aromatic rings. The van der Waals surface area contributed by atoms with Crippen LogP contribution in [0.25, 0.3) is 0 Å². The third kappa shape index (κ3) is 12.2. The van der Waals surface area contributed by atoms with Crippen LogP contribution in [0.3, 0.4) is 0 Å². The summed E-state index contributed by atoms with van der Waals surface area (Å²) < 4.78 is 19.8. The number of carbonyl (C=O) groups is 2. The first-order chi connectivity index (χ1) is 9.57. The molecule has 0 rings (SSSR count). The third-order valence-electron chi connectivity index (χ3n) is 1.84. The molecular weight excluding hydrogens is 311 g/mol. The van der Waals surface area contributed by atoms with Gasteiger partial charge in [-0.2, -0.15) is 0 Å². The van der Waals surface area contributed by atoms with Crippen molar-refractivity contribution in [3.63, 3.8) is 0 Å². The Morgan fingerprint density at radius 1 is 0.900 bits per heavy atom. The second-order valence-corrected chi connectivity index (χ2v) is 4.26. The van der Waals surface area contributed by atoms with Gasteiger partial charge in [-0.3, -0.25) is 4.79 Å². The van der Waals surface area contributed by atoms with Crippen molar-refractivity contribution >= 4 is 35.1 Å². The molecule has 0 unspecified atom stereocenters. The van der Waals surface area contributed by atoms with Crippen LogP contribution in [0.5, 0.6) is 0 Å². The molecule has 0 saturated carbocycles. The van der Waals surface area contributed by atoms with Gasteiger partial charge in [0.05, 0.1) is 32.8 Å². The second-order valence-electron chi connectivity index (χ2n) is 3.43. The number of esters is 2. The van der Waals surface area contributed by atoms with Gasteiger partial charge in [0, 0.05) is 5.88 Å². The maximum absolute atomic E-state index is 10.9. The van der Waals surface area contributed by atoms with Gasteiger partial charge < -0.3 is 18.9 Å². The monoisotopic (exact) mass is 328 g/mol. The van der Waals surface area contributed by atoms with Crippen LogP contribution in [0.4, 0.5) is 0 Å². The van der Waals surface area contributed by atoms with Gasteiger partial charge in [0.2, 0.25) is 0 Å². The van der Waals surface area contributed by atoms with E-state index in [0.717, 1.165) is 0 Å². The van der Waals surface area contributed by atoms with E-state index in [-0.39, 0.29) is 43.1 Å². The van der Waals surface area contributed by atoms with E-state index in [1.165, 1.54) is 0 Å². The van der Waals surface area contributed by atoms with Crippen molar-refractivity contribution in [3.8, 4) is 0 Å². The van der Waals surface area contributed by atoms with Crippen molar-refractivity contribution in [2.24, 2.45) is 0 Å². The number of hydrogen-bond acceptors (Lipinski definition) is 6. The molecule has 0 N–H and O–H groups in total. The van der Waals surface area contributed by atoms with Crippen LogP contribution in [0.2, 0.25) is 0 Å². The smallest absolute Gasteiger partial charge is 0.349 e. The molecule has 0 bridgehead atoms. The fourth-order valence-electron chi connectivity index (χ4n) is 0.957. The number of halogens is 2. The van der Waals surface area contributed by atoms with Crippen LogP contribution in [0.1, 0.15) is 6.42 Å². The number of alkyl halides is 1. The molecule has 0 aromatic heterocycles. The largest absolute Gasteiger partial charge is 0.463 e. The van der Waals surface area contributed by atoms with Crippen LogP contribution in [0.15, 0.2) is 11.6 Å². The van der Waals surface area contributed by atoms with Crippen LogP contribution < -0.4 is 0 Å². The summed E-state index contributed by atoms with van der Waals surface area (Å²) >= 11 is 10.7. The zero-order valence-electron chi connectivity index (χ0n) is 11.1. The maximum Gasteiger partial charge on any atom is 0.349 e. The molecule has 0 fully saturated rings. The zero-order valence-corrected chi connectivity index (χ0v) is 12.6. The van der Waals surface area contributed by atoms with Crippen molar-refractivity contribution < 1.29 is 28.5 Å². The predicted molar refractivity (Wildman–Crippen MR) is 73.9 cm³/mol. The Bertz CT molecular complexity index is 308. The van der Waals surface area contributed by atoms with Gasteiger partial charge in [-0.1, -0.05) is 18.2 Å². The number of ether oxygens (including phenoxy) is 4. The molecule has 8 heteroatoms. The highest BCUT2D eigenvalue weighted by Gasteiger charge is 2.04. The van der Waals surface area contributed by atoms with Crippen LogP contribution in [-0.4, -0.2) is 57.5 Å². The van der Waals surface area contributed by atoms with E-state index in [1.807, 2.05) is 0 Å². The van der Waals surface area contributed by atoms with Crippen LogP contribution >= 0.6 is 23.2 Å². The van der Waals surface area contributed by atoms with Crippen molar-refractivity contribution in [1.82, 2.24) is 0 Å². The minimum absolute atomic E-state index is 0.0978.